The molecule has 0 bridgehead atoms. The van der Waals surface area contributed by atoms with Crippen LogP contribution in [0.5, 0.6) is 11.5 Å². The van der Waals surface area contributed by atoms with E-state index in [2.05, 4.69) is 33.4 Å². The smallest absolute Gasteiger partial charge is 0.234 e. The molecule has 0 atom stereocenters. The van der Waals surface area contributed by atoms with Crippen molar-refractivity contribution in [3.63, 3.8) is 0 Å². The molecule has 0 fully saturated rings. The highest BCUT2D eigenvalue weighted by Crippen LogP contribution is 2.23. The van der Waals surface area contributed by atoms with Gasteiger partial charge in [0.05, 0.1) is 5.75 Å². The summed E-state index contributed by atoms with van der Waals surface area (Å²) in [7, 11) is 0. The third-order valence-corrected chi connectivity index (χ3v) is 5.06. The van der Waals surface area contributed by atoms with E-state index in [1.54, 1.807) is 11.8 Å². The van der Waals surface area contributed by atoms with Gasteiger partial charge in [0.25, 0.3) is 0 Å². The van der Waals surface area contributed by atoms with Crippen LogP contribution in [0.15, 0.2) is 83.3 Å². The molecule has 0 saturated heterocycles. The van der Waals surface area contributed by atoms with E-state index in [4.69, 9.17) is 4.74 Å². The van der Waals surface area contributed by atoms with Crippen molar-refractivity contribution in [3.8, 4) is 11.5 Å². The lowest BCUT2D eigenvalue weighted by molar-refractivity contribution is -0.113. The summed E-state index contributed by atoms with van der Waals surface area (Å²) in [5.41, 5.74) is 1.97. The quantitative estimate of drug-likeness (QED) is 0.493. The summed E-state index contributed by atoms with van der Waals surface area (Å²) in [5.74, 6) is 2.74. The largest absolute Gasteiger partial charge is 0.457 e. The van der Waals surface area contributed by atoms with Gasteiger partial charge in [-0.25, -0.2) is 0 Å². The van der Waals surface area contributed by atoms with Crippen LogP contribution in [0.25, 0.3) is 0 Å². The lowest BCUT2D eigenvalue weighted by Gasteiger charge is -2.08. The summed E-state index contributed by atoms with van der Waals surface area (Å²) in [6.07, 6.45) is 0. The van der Waals surface area contributed by atoms with E-state index in [1.807, 2.05) is 66.7 Å². The Kier molecular flexibility index (Phi) is 6.75. The molecule has 5 heteroatoms. The SMILES string of the molecule is O=C(CSCc1ccc(Br)cc1)Nc1ccc(Oc2ccccc2)cc1. The standard InChI is InChI=1S/C21H18BrNO2S/c22-17-8-6-16(7-9-17)14-26-15-21(24)23-18-10-12-20(13-11-18)25-19-4-2-1-3-5-19/h1-13H,14-15H2,(H,23,24). The van der Waals surface area contributed by atoms with Crippen LogP contribution in [0.1, 0.15) is 5.56 Å². The number of halogens is 1. The van der Waals surface area contributed by atoms with Crippen LogP contribution in [0.4, 0.5) is 5.69 Å². The number of para-hydroxylation sites is 1. The average molecular weight is 428 g/mol. The first-order valence-electron chi connectivity index (χ1n) is 8.14. The van der Waals surface area contributed by atoms with E-state index in [0.717, 1.165) is 27.4 Å². The van der Waals surface area contributed by atoms with E-state index in [-0.39, 0.29) is 5.91 Å². The second-order valence-electron chi connectivity index (χ2n) is 5.61. The number of amides is 1. The minimum atomic E-state index is -0.0103. The number of hydrogen-bond acceptors (Lipinski definition) is 3. The molecule has 3 aromatic rings. The lowest BCUT2D eigenvalue weighted by atomic mass is 10.2. The number of thioether (sulfide) groups is 1. The molecule has 0 unspecified atom stereocenters. The van der Waals surface area contributed by atoms with E-state index >= 15 is 0 Å². The second kappa shape index (κ2) is 9.46. The van der Waals surface area contributed by atoms with Gasteiger partial charge in [-0.15, -0.1) is 11.8 Å². The molecule has 26 heavy (non-hydrogen) atoms. The molecule has 0 aromatic heterocycles. The molecule has 0 heterocycles. The number of ether oxygens (including phenoxy) is 1. The van der Waals surface area contributed by atoms with Gasteiger partial charge in [-0.05, 0) is 54.1 Å². The van der Waals surface area contributed by atoms with Gasteiger partial charge >= 0.3 is 0 Å². The van der Waals surface area contributed by atoms with Gasteiger partial charge in [-0.2, -0.15) is 0 Å². The number of rotatable bonds is 7. The van der Waals surface area contributed by atoms with Crippen LogP contribution in [0.2, 0.25) is 0 Å². The summed E-state index contributed by atoms with van der Waals surface area (Å²) in [5, 5.41) is 2.91. The summed E-state index contributed by atoms with van der Waals surface area (Å²) >= 11 is 5.01. The highest BCUT2D eigenvalue weighted by Gasteiger charge is 2.04. The third-order valence-electron chi connectivity index (χ3n) is 3.53. The minimum absolute atomic E-state index is 0.0103. The van der Waals surface area contributed by atoms with Crippen molar-refractivity contribution in [2.24, 2.45) is 0 Å². The van der Waals surface area contributed by atoms with Crippen LogP contribution >= 0.6 is 27.7 Å². The Bertz CT molecular complexity index is 836. The van der Waals surface area contributed by atoms with Gasteiger partial charge in [0.1, 0.15) is 11.5 Å². The Balaban J connectivity index is 1.44. The number of carbonyl (C=O) groups excluding carboxylic acids is 1. The third kappa shape index (κ3) is 5.93. The Morgan fingerprint density at radius 2 is 1.54 bits per heavy atom. The topological polar surface area (TPSA) is 38.3 Å². The first kappa shape index (κ1) is 18.5. The van der Waals surface area contributed by atoms with Crippen molar-refractivity contribution in [2.75, 3.05) is 11.1 Å². The second-order valence-corrected chi connectivity index (χ2v) is 7.51. The van der Waals surface area contributed by atoms with Crippen LogP contribution in [0.3, 0.4) is 0 Å². The van der Waals surface area contributed by atoms with Gasteiger partial charge in [0, 0.05) is 15.9 Å². The first-order valence-corrected chi connectivity index (χ1v) is 10.1. The molecule has 3 nitrogen and oxygen atoms in total. The highest BCUT2D eigenvalue weighted by atomic mass is 79.9. The zero-order valence-electron chi connectivity index (χ0n) is 14.0. The molecular weight excluding hydrogens is 410 g/mol. The summed E-state index contributed by atoms with van der Waals surface area (Å²) in [6, 6.07) is 25.1. The fourth-order valence-electron chi connectivity index (χ4n) is 2.27. The van der Waals surface area contributed by atoms with Crippen molar-refractivity contribution in [2.45, 2.75) is 5.75 Å². The molecule has 0 aliphatic heterocycles. The predicted octanol–water partition coefficient (Wildman–Crippen LogP) is 6.11. The van der Waals surface area contributed by atoms with Crippen molar-refractivity contribution >= 4 is 39.3 Å². The Morgan fingerprint density at radius 3 is 2.23 bits per heavy atom. The van der Waals surface area contributed by atoms with Crippen molar-refractivity contribution < 1.29 is 9.53 Å². The minimum Gasteiger partial charge on any atom is -0.457 e. The number of carbonyl (C=O) groups is 1. The summed E-state index contributed by atoms with van der Waals surface area (Å²) in [4.78, 5) is 12.1. The zero-order chi connectivity index (χ0) is 18.2. The summed E-state index contributed by atoms with van der Waals surface area (Å²) in [6.45, 7) is 0. The molecule has 0 radical (unpaired) electrons. The summed E-state index contributed by atoms with van der Waals surface area (Å²) < 4.78 is 6.80. The van der Waals surface area contributed by atoms with E-state index in [1.165, 1.54) is 5.56 Å². The molecular formula is C21H18BrNO2S. The van der Waals surface area contributed by atoms with Crippen molar-refractivity contribution in [1.82, 2.24) is 0 Å². The molecule has 3 aromatic carbocycles. The molecule has 1 amide bonds. The maximum absolute atomic E-state index is 12.1. The number of benzene rings is 3. The van der Waals surface area contributed by atoms with Crippen LogP contribution in [-0.4, -0.2) is 11.7 Å². The maximum Gasteiger partial charge on any atom is 0.234 e. The molecule has 132 valence electrons. The van der Waals surface area contributed by atoms with Crippen LogP contribution in [0, 0.1) is 0 Å². The Morgan fingerprint density at radius 1 is 0.885 bits per heavy atom. The molecule has 1 N–H and O–H groups in total. The van der Waals surface area contributed by atoms with Gasteiger partial charge in [-0.3, -0.25) is 4.79 Å². The monoisotopic (exact) mass is 427 g/mol. The number of nitrogens with one attached hydrogen (secondary N) is 1. The number of anilines is 1. The van der Waals surface area contributed by atoms with Gasteiger partial charge < -0.3 is 10.1 Å². The van der Waals surface area contributed by atoms with Crippen molar-refractivity contribution in [3.05, 3.63) is 88.9 Å². The van der Waals surface area contributed by atoms with Gasteiger partial charge in [0.15, 0.2) is 0 Å². The number of hydrogen-bond donors (Lipinski definition) is 1. The van der Waals surface area contributed by atoms with Crippen molar-refractivity contribution in [1.29, 1.82) is 0 Å². The molecule has 0 spiro atoms. The molecule has 0 saturated carbocycles. The normalized spacial score (nSPS) is 10.3. The molecule has 3 rings (SSSR count). The van der Waals surface area contributed by atoms with Crippen LogP contribution < -0.4 is 10.1 Å². The molecule has 0 aliphatic carbocycles. The predicted molar refractivity (Wildman–Crippen MR) is 112 cm³/mol. The Labute approximate surface area is 165 Å². The fourth-order valence-corrected chi connectivity index (χ4v) is 3.32. The average Bonchev–Trinajstić information content (AvgIpc) is 2.66. The maximum atomic E-state index is 12.1. The lowest BCUT2D eigenvalue weighted by Crippen LogP contribution is -2.14. The Hall–Kier alpha value is -2.24. The van der Waals surface area contributed by atoms with E-state index < -0.39 is 0 Å². The molecule has 0 aliphatic rings. The zero-order valence-corrected chi connectivity index (χ0v) is 16.4. The van der Waals surface area contributed by atoms with E-state index in [0.29, 0.717) is 5.75 Å². The first-order chi connectivity index (χ1) is 12.7. The van der Waals surface area contributed by atoms with Gasteiger partial charge in [0.2, 0.25) is 5.91 Å². The van der Waals surface area contributed by atoms with E-state index in [9.17, 15) is 4.79 Å². The van der Waals surface area contributed by atoms with Crippen LogP contribution in [-0.2, 0) is 10.5 Å². The fraction of sp³-hybridized carbons (Fsp3) is 0.0952. The van der Waals surface area contributed by atoms with Gasteiger partial charge in [-0.1, -0.05) is 46.3 Å². The highest BCUT2D eigenvalue weighted by molar-refractivity contribution is 9.10.